The Kier molecular flexibility index (Phi) is 7.80. The molecule has 7 heteroatoms. The van der Waals surface area contributed by atoms with Gasteiger partial charge in [0, 0.05) is 32.8 Å². The number of likely N-dealkylation sites (tertiary alicyclic amines) is 1. The fourth-order valence-electron chi connectivity index (χ4n) is 3.34. The first-order valence-electron chi connectivity index (χ1n) is 9.81. The Morgan fingerprint density at radius 1 is 1.18 bits per heavy atom. The highest BCUT2D eigenvalue weighted by atomic mass is 32.2. The highest BCUT2D eigenvalue weighted by Gasteiger charge is 2.26. The van der Waals surface area contributed by atoms with Gasteiger partial charge in [-0.15, -0.1) is 0 Å². The quantitative estimate of drug-likeness (QED) is 0.652. The lowest BCUT2D eigenvalue weighted by Gasteiger charge is -2.37. The van der Waals surface area contributed by atoms with Gasteiger partial charge in [-0.05, 0) is 62.7 Å². The minimum absolute atomic E-state index is 0.0215. The number of hydrogen-bond acceptors (Lipinski definition) is 4. The van der Waals surface area contributed by atoms with Gasteiger partial charge >= 0.3 is 0 Å². The second kappa shape index (κ2) is 9.67. The molecule has 1 fully saturated rings. The Hall–Kier alpha value is -1.70. The van der Waals surface area contributed by atoms with Crippen LogP contribution in [-0.4, -0.2) is 75.2 Å². The number of benzene rings is 1. The zero-order chi connectivity index (χ0) is 20.9. The van der Waals surface area contributed by atoms with Crippen LogP contribution in [-0.2, 0) is 14.8 Å². The molecule has 0 saturated carbocycles. The summed E-state index contributed by atoms with van der Waals surface area (Å²) in [6, 6.07) is 6.87. The Balaban J connectivity index is 2.10. The van der Waals surface area contributed by atoms with E-state index >= 15 is 0 Å². The maximum Gasteiger partial charge on any atom is 0.246 e. The van der Waals surface area contributed by atoms with Crippen molar-refractivity contribution < 1.29 is 13.2 Å². The lowest BCUT2D eigenvalue weighted by atomic mass is 10.0. The average molecular weight is 408 g/mol. The Labute approximate surface area is 169 Å². The first-order valence-corrected chi connectivity index (χ1v) is 11.2. The minimum Gasteiger partial charge on any atom is -0.336 e. The van der Waals surface area contributed by atoms with Gasteiger partial charge in [0.25, 0.3) is 0 Å². The second-order valence-corrected chi connectivity index (χ2v) is 10.3. The molecule has 6 nitrogen and oxygen atoms in total. The fraction of sp³-hybridized carbons (Fsp3) is 0.571. The van der Waals surface area contributed by atoms with Crippen LogP contribution in [0.2, 0.25) is 0 Å². The van der Waals surface area contributed by atoms with Crippen molar-refractivity contribution in [2.24, 2.45) is 5.92 Å². The molecule has 1 aromatic carbocycles. The molecule has 156 valence electrons. The predicted octanol–water partition coefficient (Wildman–Crippen LogP) is 2.53. The molecule has 0 unspecified atom stereocenters. The van der Waals surface area contributed by atoms with Crippen molar-refractivity contribution >= 4 is 22.0 Å². The minimum atomic E-state index is -3.44. The van der Waals surface area contributed by atoms with Crippen molar-refractivity contribution in [3.63, 3.8) is 0 Å². The number of nitrogens with zero attached hydrogens (tertiary/aromatic N) is 3. The smallest absolute Gasteiger partial charge is 0.246 e. The van der Waals surface area contributed by atoms with Gasteiger partial charge in [-0.2, -0.15) is 0 Å². The molecule has 0 spiro atoms. The molecular weight excluding hydrogens is 374 g/mol. The predicted molar refractivity (Wildman–Crippen MR) is 113 cm³/mol. The van der Waals surface area contributed by atoms with Crippen molar-refractivity contribution in [3.8, 4) is 0 Å². The van der Waals surface area contributed by atoms with E-state index in [0.29, 0.717) is 5.92 Å². The number of hydrogen-bond donors (Lipinski definition) is 0. The zero-order valence-corrected chi connectivity index (χ0v) is 18.4. The molecule has 1 saturated heterocycles. The average Bonchev–Trinajstić information content (AvgIpc) is 2.65. The first-order chi connectivity index (χ1) is 13.1. The third-order valence-electron chi connectivity index (χ3n) is 5.05. The summed E-state index contributed by atoms with van der Waals surface area (Å²) >= 11 is 0. The van der Waals surface area contributed by atoms with Gasteiger partial charge in [0.1, 0.15) is 0 Å². The highest BCUT2D eigenvalue weighted by molar-refractivity contribution is 7.89. The second-order valence-electron chi connectivity index (χ2n) is 8.11. The number of amides is 1. The Bertz CT molecular complexity index is 778. The first kappa shape index (κ1) is 22.6. The van der Waals surface area contributed by atoms with Crippen LogP contribution in [0.1, 0.15) is 32.3 Å². The molecule has 0 aliphatic carbocycles. The summed E-state index contributed by atoms with van der Waals surface area (Å²) < 4.78 is 25.5. The standard InChI is InChI=1S/C21H33N3O3S/c1-17(2)16-24(19-12-14-23(5)15-13-19)21(25)11-8-18-6-9-20(10-7-18)28(26,27)22(3)4/h6-11,17,19H,12-16H2,1-5H3/b11-8+. The SMILES string of the molecule is CC(C)CN(C(=O)/C=C/c1ccc(S(=O)(=O)N(C)C)cc1)C1CCN(C)CC1. The molecule has 1 aliphatic rings. The monoisotopic (exact) mass is 407 g/mol. The number of piperidine rings is 1. The molecule has 28 heavy (non-hydrogen) atoms. The zero-order valence-electron chi connectivity index (χ0n) is 17.6. The highest BCUT2D eigenvalue weighted by Crippen LogP contribution is 2.19. The molecule has 0 atom stereocenters. The summed E-state index contributed by atoms with van der Waals surface area (Å²) in [5.74, 6) is 0.431. The molecular formula is C21H33N3O3S. The summed E-state index contributed by atoms with van der Waals surface area (Å²) in [5.41, 5.74) is 0.805. The molecule has 1 aliphatic heterocycles. The maximum absolute atomic E-state index is 12.9. The van der Waals surface area contributed by atoms with Gasteiger partial charge in [0.15, 0.2) is 0 Å². The van der Waals surface area contributed by atoms with Crippen LogP contribution < -0.4 is 0 Å². The van der Waals surface area contributed by atoms with E-state index in [1.807, 2.05) is 4.90 Å². The summed E-state index contributed by atoms with van der Waals surface area (Å²) in [6.45, 7) is 7.03. The van der Waals surface area contributed by atoms with Crippen LogP contribution >= 0.6 is 0 Å². The van der Waals surface area contributed by atoms with Crippen LogP contribution in [0.15, 0.2) is 35.2 Å². The number of sulfonamides is 1. The topological polar surface area (TPSA) is 60.9 Å². The molecule has 1 amide bonds. The van der Waals surface area contributed by atoms with Crippen LogP contribution in [0.4, 0.5) is 0 Å². The Morgan fingerprint density at radius 3 is 2.25 bits per heavy atom. The van der Waals surface area contributed by atoms with E-state index in [4.69, 9.17) is 0 Å². The molecule has 1 heterocycles. The lowest BCUT2D eigenvalue weighted by molar-refractivity contribution is -0.129. The third kappa shape index (κ3) is 5.90. The van der Waals surface area contributed by atoms with Gasteiger partial charge in [-0.25, -0.2) is 12.7 Å². The summed E-state index contributed by atoms with van der Waals surface area (Å²) in [5, 5.41) is 0. The van der Waals surface area contributed by atoms with E-state index in [0.717, 1.165) is 38.0 Å². The van der Waals surface area contributed by atoms with E-state index in [2.05, 4.69) is 25.8 Å². The number of rotatable bonds is 7. The van der Waals surface area contributed by atoms with Gasteiger partial charge in [-0.1, -0.05) is 26.0 Å². The normalized spacial score (nSPS) is 17.0. The van der Waals surface area contributed by atoms with Crippen LogP contribution in [0.5, 0.6) is 0 Å². The molecule has 0 bridgehead atoms. The van der Waals surface area contributed by atoms with E-state index in [1.165, 1.54) is 18.4 Å². The van der Waals surface area contributed by atoms with Crippen molar-refractivity contribution in [1.29, 1.82) is 0 Å². The van der Waals surface area contributed by atoms with E-state index in [1.54, 1.807) is 36.4 Å². The molecule has 0 aromatic heterocycles. The van der Waals surface area contributed by atoms with Gasteiger partial charge in [0.05, 0.1) is 4.90 Å². The van der Waals surface area contributed by atoms with Crippen molar-refractivity contribution in [2.45, 2.75) is 37.6 Å². The summed E-state index contributed by atoms with van der Waals surface area (Å²) in [4.78, 5) is 17.4. The van der Waals surface area contributed by atoms with Gasteiger partial charge in [-0.3, -0.25) is 4.79 Å². The van der Waals surface area contributed by atoms with E-state index in [-0.39, 0.29) is 16.8 Å². The fourth-order valence-corrected chi connectivity index (χ4v) is 4.25. The third-order valence-corrected chi connectivity index (χ3v) is 6.88. The summed E-state index contributed by atoms with van der Waals surface area (Å²) in [6.07, 6.45) is 5.37. The van der Waals surface area contributed by atoms with Gasteiger partial charge < -0.3 is 9.80 Å². The number of carbonyl (C=O) groups excluding carboxylic acids is 1. The van der Waals surface area contributed by atoms with E-state index < -0.39 is 10.0 Å². The van der Waals surface area contributed by atoms with Crippen molar-refractivity contribution in [1.82, 2.24) is 14.1 Å². The molecule has 0 radical (unpaired) electrons. The number of carbonyl (C=O) groups is 1. The maximum atomic E-state index is 12.9. The summed E-state index contributed by atoms with van der Waals surface area (Å²) in [7, 11) is 1.69. The lowest BCUT2D eigenvalue weighted by Crippen LogP contribution is -2.47. The Morgan fingerprint density at radius 2 is 1.75 bits per heavy atom. The van der Waals surface area contributed by atoms with E-state index in [9.17, 15) is 13.2 Å². The van der Waals surface area contributed by atoms with Crippen LogP contribution in [0.25, 0.3) is 6.08 Å². The van der Waals surface area contributed by atoms with Crippen molar-refractivity contribution in [3.05, 3.63) is 35.9 Å². The molecule has 0 N–H and O–H groups in total. The largest absolute Gasteiger partial charge is 0.336 e. The van der Waals surface area contributed by atoms with Crippen LogP contribution in [0.3, 0.4) is 0 Å². The van der Waals surface area contributed by atoms with Crippen molar-refractivity contribution in [2.75, 3.05) is 40.8 Å². The molecule has 2 rings (SSSR count). The van der Waals surface area contributed by atoms with Crippen LogP contribution in [0, 0.1) is 5.92 Å². The van der Waals surface area contributed by atoms with Gasteiger partial charge in [0.2, 0.25) is 15.9 Å². The molecule has 1 aromatic rings.